The number of morpholine rings is 1. The minimum Gasteiger partial charge on any atom is -0.507 e. The fourth-order valence-corrected chi connectivity index (χ4v) is 1.57. The molecule has 1 aliphatic rings. The van der Waals surface area contributed by atoms with Crippen molar-refractivity contribution in [3.63, 3.8) is 0 Å². The van der Waals surface area contributed by atoms with Crippen LogP contribution in [0.25, 0.3) is 0 Å². The van der Waals surface area contributed by atoms with Crippen LogP contribution in [0.15, 0.2) is 16.5 Å². The van der Waals surface area contributed by atoms with Crippen LogP contribution in [-0.4, -0.2) is 31.4 Å². The molecule has 0 atom stereocenters. The highest BCUT2D eigenvalue weighted by Gasteiger charge is 2.14. The van der Waals surface area contributed by atoms with E-state index >= 15 is 0 Å². The predicted octanol–water partition coefficient (Wildman–Crippen LogP) is 0.441. The largest absolute Gasteiger partial charge is 0.507 e. The summed E-state index contributed by atoms with van der Waals surface area (Å²) in [5.74, 6) is 0.114. The second-order valence-corrected chi connectivity index (χ2v) is 3.43. The van der Waals surface area contributed by atoms with Gasteiger partial charge in [-0.1, -0.05) is 0 Å². The first-order valence-electron chi connectivity index (χ1n) is 4.41. The Bertz CT molecular complexity index is 368. The Morgan fingerprint density at radius 3 is 2.64 bits per heavy atom. The first kappa shape index (κ1) is 9.55. The number of ether oxygens (including phenoxy) is 1. The Labute approximate surface area is 86.0 Å². The molecule has 1 aromatic rings. The normalized spacial score (nSPS) is 17.1. The van der Waals surface area contributed by atoms with Gasteiger partial charge in [0.2, 0.25) is 5.22 Å². The fraction of sp³-hybridized carbons (Fsp3) is 0.444. The molecular formula is C9H11ClNO3+. The van der Waals surface area contributed by atoms with Crippen molar-refractivity contribution in [1.29, 1.82) is 0 Å². The van der Waals surface area contributed by atoms with Crippen molar-refractivity contribution in [2.24, 2.45) is 0 Å². The lowest BCUT2D eigenvalue weighted by molar-refractivity contribution is 0.0921. The van der Waals surface area contributed by atoms with E-state index in [9.17, 15) is 5.11 Å². The van der Waals surface area contributed by atoms with Crippen molar-refractivity contribution in [3.8, 4) is 5.75 Å². The number of rotatable bonds is 0. The third-order valence-electron chi connectivity index (χ3n) is 2.06. The van der Waals surface area contributed by atoms with Crippen molar-refractivity contribution in [2.45, 2.75) is 0 Å². The van der Waals surface area contributed by atoms with Gasteiger partial charge in [-0.05, 0) is 11.6 Å². The van der Waals surface area contributed by atoms with E-state index in [0.29, 0.717) is 18.8 Å². The van der Waals surface area contributed by atoms with Crippen LogP contribution in [0.4, 0.5) is 0 Å². The Balaban J connectivity index is 2.46. The summed E-state index contributed by atoms with van der Waals surface area (Å²) in [7, 11) is 0. The Kier molecular flexibility index (Phi) is 2.74. The molecule has 1 aliphatic heterocycles. The average Bonchev–Trinajstić information content (AvgIpc) is 2.18. The summed E-state index contributed by atoms with van der Waals surface area (Å²) in [6.07, 6.45) is 0. The van der Waals surface area contributed by atoms with Crippen LogP contribution < -0.4 is 10.1 Å². The lowest BCUT2D eigenvalue weighted by Gasteiger charge is -2.09. The van der Waals surface area contributed by atoms with Gasteiger partial charge >= 0.3 is 5.55 Å². The van der Waals surface area contributed by atoms with Gasteiger partial charge in [0, 0.05) is 6.07 Å². The Morgan fingerprint density at radius 2 is 2.00 bits per heavy atom. The summed E-state index contributed by atoms with van der Waals surface area (Å²) in [6, 6.07) is 2.92. The van der Waals surface area contributed by atoms with Gasteiger partial charge in [0.1, 0.15) is 19.0 Å². The van der Waals surface area contributed by atoms with Gasteiger partial charge in [-0.2, -0.15) is 4.58 Å². The van der Waals surface area contributed by atoms with Gasteiger partial charge < -0.3 is 14.3 Å². The molecule has 0 spiro atoms. The van der Waals surface area contributed by atoms with Crippen molar-refractivity contribution < 1.29 is 14.3 Å². The summed E-state index contributed by atoms with van der Waals surface area (Å²) in [5.41, 5.74) is 0.582. The second-order valence-electron chi connectivity index (χ2n) is 3.06. The summed E-state index contributed by atoms with van der Waals surface area (Å²) >= 11 is 5.68. The number of hydrogen-bond donors (Lipinski definition) is 1. The summed E-state index contributed by atoms with van der Waals surface area (Å²) in [6.45, 7) is 2.85. The van der Waals surface area contributed by atoms with Crippen molar-refractivity contribution in [2.75, 3.05) is 26.3 Å². The molecule has 1 aromatic heterocycles. The van der Waals surface area contributed by atoms with E-state index in [1.165, 1.54) is 6.07 Å². The van der Waals surface area contributed by atoms with Crippen LogP contribution in [0, 0.1) is 0 Å². The number of halogens is 1. The molecule has 0 saturated carbocycles. The quantitative estimate of drug-likeness (QED) is 0.641. The maximum Gasteiger partial charge on any atom is 0.372 e. The Hall–Kier alpha value is -1.00. The minimum absolute atomic E-state index is 0.114. The Morgan fingerprint density at radius 1 is 1.29 bits per heavy atom. The zero-order valence-corrected chi connectivity index (χ0v) is 8.33. The van der Waals surface area contributed by atoms with E-state index in [1.54, 1.807) is 6.07 Å². The smallest absolute Gasteiger partial charge is 0.372 e. The third kappa shape index (κ3) is 2.08. The molecule has 5 heteroatoms. The molecule has 76 valence electrons. The van der Waals surface area contributed by atoms with E-state index < -0.39 is 0 Å². The molecule has 14 heavy (non-hydrogen) atoms. The highest BCUT2D eigenvalue weighted by Crippen LogP contribution is 2.11. The molecule has 0 bridgehead atoms. The molecule has 1 N–H and O–H groups in total. The molecule has 0 radical (unpaired) electrons. The zero-order valence-electron chi connectivity index (χ0n) is 7.57. The van der Waals surface area contributed by atoms with Crippen LogP contribution in [0.3, 0.4) is 0 Å². The van der Waals surface area contributed by atoms with Crippen molar-refractivity contribution in [1.82, 2.24) is 4.58 Å². The molecule has 1 saturated heterocycles. The highest BCUT2D eigenvalue weighted by molar-refractivity contribution is 6.28. The maximum absolute atomic E-state index is 9.32. The van der Waals surface area contributed by atoms with E-state index in [1.807, 2.05) is 4.58 Å². The predicted molar refractivity (Wildman–Crippen MR) is 51.2 cm³/mol. The maximum atomic E-state index is 9.32. The molecule has 4 nitrogen and oxygen atoms in total. The molecule has 0 aromatic carbocycles. The van der Waals surface area contributed by atoms with Crippen LogP contribution in [0.1, 0.15) is 0 Å². The second kappa shape index (κ2) is 4.02. The molecule has 0 aliphatic carbocycles. The standard InChI is InChI=1S/C9H10ClNO3/c10-8-5-7(12)6-9(14-8)11-1-3-13-4-2-11/h5-6H,1-4H2/p+1. The average molecular weight is 217 g/mol. The monoisotopic (exact) mass is 216 g/mol. The summed E-state index contributed by atoms with van der Waals surface area (Å²) in [5, 5.41) is 9.51. The van der Waals surface area contributed by atoms with Gasteiger partial charge in [-0.25, -0.2) is 0 Å². The van der Waals surface area contributed by atoms with E-state index in [0.717, 1.165) is 13.1 Å². The molecule has 0 amide bonds. The van der Waals surface area contributed by atoms with E-state index in [-0.39, 0.29) is 11.0 Å². The fourth-order valence-electron chi connectivity index (χ4n) is 1.38. The molecule has 0 unspecified atom stereocenters. The summed E-state index contributed by atoms with van der Waals surface area (Å²) < 4.78 is 12.5. The zero-order chi connectivity index (χ0) is 9.97. The van der Waals surface area contributed by atoms with Gasteiger partial charge in [0.05, 0.1) is 6.07 Å². The first-order valence-corrected chi connectivity index (χ1v) is 4.79. The van der Waals surface area contributed by atoms with E-state index in [4.69, 9.17) is 20.8 Å². The summed E-state index contributed by atoms with van der Waals surface area (Å²) in [4.78, 5) is 0. The number of aromatic hydroxyl groups is 1. The number of hydrogen-bond acceptors (Lipinski definition) is 3. The SMILES string of the molecule is Oc1cc(Cl)oc(=[N+]2CCOCC2)c1. The van der Waals surface area contributed by atoms with Gasteiger partial charge in [-0.15, -0.1) is 0 Å². The molecular weight excluding hydrogens is 206 g/mol. The number of nitrogens with zero attached hydrogens (tertiary/aromatic N) is 1. The lowest BCUT2D eigenvalue weighted by atomic mass is 10.4. The highest BCUT2D eigenvalue weighted by atomic mass is 35.5. The third-order valence-corrected chi connectivity index (χ3v) is 2.24. The van der Waals surface area contributed by atoms with Gasteiger partial charge in [0.15, 0.2) is 13.1 Å². The van der Waals surface area contributed by atoms with Crippen LogP contribution in [0.2, 0.25) is 5.22 Å². The van der Waals surface area contributed by atoms with Crippen LogP contribution in [0.5, 0.6) is 5.75 Å². The molecule has 2 heterocycles. The molecule has 1 fully saturated rings. The van der Waals surface area contributed by atoms with Crippen LogP contribution in [-0.2, 0) is 4.74 Å². The van der Waals surface area contributed by atoms with Gasteiger partial charge in [-0.3, -0.25) is 0 Å². The van der Waals surface area contributed by atoms with Crippen molar-refractivity contribution >= 4 is 11.6 Å². The minimum atomic E-state index is 0.114. The van der Waals surface area contributed by atoms with E-state index in [2.05, 4.69) is 0 Å². The first-order chi connectivity index (χ1) is 6.75. The van der Waals surface area contributed by atoms with Crippen LogP contribution >= 0.6 is 11.6 Å². The van der Waals surface area contributed by atoms with Crippen molar-refractivity contribution in [3.05, 3.63) is 22.9 Å². The lowest BCUT2D eigenvalue weighted by Crippen LogP contribution is -2.39. The topological polar surface area (TPSA) is 45.6 Å². The van der Waals surface area contributed by atoms with Gasteiger partial charge in [0.25, 0.3) is 0 Å². The molecule has 2 rings (SSSR count).